The van der Waals surface area contributed by atoms with Gasteiger partial charge in [-0.3, -0.25) is 0 Å². The number of nitrogens with one attached hydrogen (secondary N) is 1. The summed E-state index contributed by atoms with van der Waals surface area (Å²) in [5.41, 5.74) is 5.28. The first-order valence-electron chi connectivity index (χ1n) is 6.43. The second-order valence-corrected chi connectivity index (χ2v) is 5.35. The number of rotatable bonds is 5. The fourth-order valence-electron chi connectivity index (χ4n) is 2.10. The van der Waals surface area contributed by atoms with Crippen LogP contribution in [0.25, 0.3) is 10.2 Å². The van der Waals surface area contributed by atoms with E-state index >= 15 is 0 Å². The number of fused-ring (bicyclic) bond motifs is 1. The van der Waals surface area contributed by atoms with Gasteiger partial charge in [0, 0.05) is 18.4 Å². The minimum Gasteiger partial charge on any atom is -0.379 e. The summed E-state index contributed by atoms with van der Waals surface area (Å²) in [6.07, 6.45) is 4.94. The fourth-order valence-corrected chi connectivity index (χ4v) is 2.81. The van der Waals surface area contributed by atoms with Crippen LogP contribution in [0.3, 0.4) is 0 Å². The molecule has 0 spiro atoms. The van der Waals surface area contributed by atoms with Crippen LogP contribution in [0.2, 0.25) is 0 Å². The van der Waals surface area contributed by atoms with Gasteiger partial charge < -0.3 is 9.88 Å². The van der Waals surface area contributed by atoms with Gasteiger partial charge in [0.15, 0.2) is 0 Å². The summed E-state index contributed by atoms with van der Waals surface area (Å²) in [7, 11) is 0. The Labute approximate surface area is 116 Å². The molecule has 0 saturated heterocycles. The highest BCUT2D eigenvalue weighted by Gasteiger charge is 2.02. The van der Waals surface area contributed by atoms with Crippen molar-refractivity contribution in [2.45, 2.75) is 26.4 Å². The van der Waals surface area contributed by atoms with Crippen molar-refractivity contribution in [3.63, 3.8) is 0 Å². The summed E-state index contributed by atoms with van der Waals surface area (Å²) in [5, 5.41) is 3.45. The predicted octanol–water partition coefficient (Wildman–Crippen LogP) is 3.51. The predicted molar refractivity (Wildman–Crippen MR) is 79.5 cm³/mol. The summed E-state index contributed by atoms with van der Waals surface area (Å²) < 4.78 is 3.41. The number of aromatic nitrogens is 3. The van der Waals surface area contributed by atoms with Crippen LogP contribution >= 0.6 is 11.3 Å². The van der Waals surface area contributed by atoms with Crippen molar-refractivity contribution in [3.05, 3.63) is 41.9 Å². The van der Waals surface area contributed by atoms with Gasteiger partial charge in [0.2, 0.25) is 0 Å². The van der Waals surface area contributed by atoms with Gasteiger partial charge in [-0.1, -0.05) is 6.92 Å². The van der Waals surface area contributed by atoms with Crippen LogP contribution < -0.4 is 5.32 Å². The van der Waals surface area contributed by atoms with Crippen LogP contribution in [0.1, 0.15) is 19.0 Å². The maximum absolute atomic E-state index is 4.28. The van der Waals surface area contributed by atoms with Crippen molar-refractivity contribution in [1.82, 2.24) is 14.5 Å². The van der Waals surface area contributed by atoms with Gasteiger partial charge in [0.1, 0.15) is 0 Å². The Kier molecular flexibility index (Phi) is 3.46. The van der Waals surface area contributed by atoms with Crippen LogP contribution in [0, 0.1) is 0 Å². The number of imidazole rings is 1. The van der Waals surface area contributed by atoms with E-state index < -0.39 is 0 Å². The first kappa shape index (κ1) is 12.2. The summed E-state index contributed by atoms with van der Waals surface area (Å²) in [4.78, 5) is 8.49. The van der Waals surface area contributed by atoms with Crippen molar-refractivity contribution in [3.8, 4) is 0 Å². The molecule has 2 heterocycles. The Morgan fingerprint density at radius 2 is 2.32 bits per heavy atom. The van der Waals surface area contributed by atoms with Gasteiger partial charge in [-0.05, 0) is 24.6 Å². The zero-order valence-electron chi connectivity index (χ0n) is 10.8. The van der Waals surface area contributed by atoms with E-state index in [1.165, 1.54) is 10.4 Å². The third kappa shape index (κ3) is 2.61. The molecule has 5 heteroatoms. The van der Waals surface area contributed by atoms with E-state index in [2.05, 4.69) is 45.0 Å². The molecule has 19 heavy (non-hydrogen) atoms. The van der Waals surface area contributed by atoms with E-state index in [0.29, 0.717) is 0 Å². The molecule has 3 aromatic rings. The van der Waals surface area contributed by atoms with Crippen LogP contribution in [0.15, 0.2) is 36.2 Å². The van der Waals surface area contributed by atoms with E-state index in [0.717, 1.165) is 30.7 Å². The lowest BCUT2D eigenvalue weighted by atomic mass is 10.3. The van der Waals surface area contributed by atoms with Gasteiger partial charge in [-0.25, -0.2) is 9.97 Å². The molecule has 0 aliphatic carbocycles. The Bertz CT molecular complexity index is 671. The third-order valence-electron chi connectivity index (χ3n) is 3.07. The lowest BCUT2D eigenvalue weighted by Crippen LogP contribution is -2.06. The monoisotopic (exact) mass is 272 g/mol. The minimum absolute atomic E-state index is 0.796. The summed E-state index contributed by atoms with van der Waals surface area (Å²) >= 11 is 1.67. The Morgan fingerprint density at radius 1 is 1.37 bits per heavy atom. The zero-order chi connectivity index (χ0) is 13.1. The molecule has 0 saturated carbocycles. The number of hydrogen-bond donors (Lipinski definition) is 1. The highest BCUT2D eigenvalue weighted by Crippen LogP contribution is 2.22. The molecule has 0 radical (unpaired) electrons. The third-order valence-corrected chi connectivity index (χ3v) is 3.86. The summed E-state index contributed by atoms with van der Waals surface area (Å²) in [6.45, 7) is 3.99. The first-order valence-corrected chi connectivity index (χ1v) is 7.31. The lowest BCUT2D eigenvalue weighted by Gasteiger charge is -2.09. The summed E-state index contributed by atoms with van der Waals surface area (Å²) in [6, 6.07) is 6.27. The largest absolute Gasteiger partial charge is 0.379 e. The highest BCUT2D eigenvalue weighted by atomic mass is 32.1. The maximum Gasteiger partial charge on any atom is 0.0948 e. The molecule has 98 valence electrons. The molecule has 0 aliphatic rings. The number of aryl methyl sites for hydroxylation is 1. The van der Waals surface area contributed by atoms with Gasteiger partial charge in [-0.2, -0.15) is 0 Å². The van der Waals surface area contributed by atoms with Gasteiger partial charge in [-0.15, -0.1) is 11.3 Å². The van der Waals surface area contributed by atoms with Crippen LogP contribution in [0.4, 0.5) is 5.69 Å². The molecular formula is C14H16N4S. The van der Waals surface area contributed by atoms with Crippen molar-refractivity contribution in [2.24, 2.45) is 0 Å². The SMILES string of the molecule is CCCn1cncc1CNc1ccc2ncsc2c1. The van der Waals surface area contributed by atoms with Crippen LogP contribution in [-0.4, -0.2) is 14.5 Å². The first-order chi connectivity index (χ1) is 9.36. The molecule has 1 aromatic carbocycles. The second-order valence-electron chi connectivity index (χ2n) is 4.47. The van der Waals surface area contributed by atoms with Crippen molar-refractivity contribution >= 4 is 27.2 Å². The molecule has 0 atom stereocenters. The van der Waals surface area contributed by atoms with Crippen molar-refractivity contribution in [2.75, 3.05) is 5.32 Å². The Morgan fingerprint density at radius 3 is 3.21 bits per heavy atom. The smallest absolute Gasteiger partial charge is 0.0948 e. The van der Waals surface area contributed by atoms with E-state index in [-0.39, 0.29) is 0 Å². The molecule has 0 amide bonds. The maximum atomic E-state index is 4.28. The van der Waals surface area contributed by atoms with Crippen molar-refractivity contribution in [1.29, 1.82) is 0 Å². The van der Waals surface area contributed by atoms with Gasteiger partial charge in [0.05, 0.1) is 34.3 Å². The second kappa shape index (κ2) is 5.40. The molecule has 0 aliphatic heterocycles. The molecule has 0 bridgehead atoms. The fraction of sp³-hybridized carbons (Fsp3) is 0.286. The number of thiazole rings is 1. The van der Waals surface area contributed by atoms with E-state index in [9.17, 15) is 0 Å². The highest BCUT2D eigenvalue weighted by molar-refractivity contribution is 7.16. The molecule has 2 aromatic heterocycles. The molecule has 3 rings (SSSR count). The average Bonchev–Trinajstić information content (AvgIpc) is 3.05. The van der Waals surface area contributed by atoms with Crippen LogP contribution in [-0.2, 0) is 13.1 Å². The van der Waals surface area contributed by atoms with E-state index in [4.69, 9.17) is 0 Å². The molecular weight excluding hydrogens is 256 g/mol. The normalized spacial score (nSPS) is 11.0. The quantitative estimate of drug-likeness (QED) is 0.773. The van der Waals surface area contributed by atoms with Crippen LogP contribution in [0.5, 0.6) is 0 Å². The molecule has 0 unspecified atom stereocenters. The van der Waals surface area contributed by atoms with Crippen molar-refractivity contribution < 1.29 is 0 Å². The van der Waals surface area contributed by atoms with E-state index in [1.54, 1.807) is 11.3 Å². The topological polar surface area (TPSA) is 42.7 Å². The standard InChI is InChI=1S/C14H16N4S/c1-2-5-18-9-15-7-12(18)8-16-11-3-4-13-14(6-11)19-10-17-13/h3-4,6-7,9-10,16H,2,5,8H2,1H3. The zero-order valence-corrected chi connectivity index (χ0v) is 11.7. The van der Waals surface area contributed by atoms with E-state index in [1.807, 2.05) is 18.0 Å². The molecule has 0 fully saturated rings. The number of benzene rings is 1. The Hall–Kier alpha value is -1.88. The number of hydrogen-bond acceptors (Lipinski definition) is 4. The number of anilines is 1. The molecule has 1 N–H and O–H groups in total. The minimum atomic E-state index is 0.796. The number of nitrogens with zero attached hydrogens (tertiary/aromatic N) is 3. The lowest BCUT2D eigenvalue weighted by molar-refractivity contribution is 0.651. The molecule has 4 nitrogen and oxygen atoms in total. The van der Waals surface area contributed by atoms with Gasteiger partial charge >= 0.3 is 0 Å². The summed E-state index contributed by atoms with van der Waals surface area (Å²) in [5.74, 6) is 0. The average molecular weight is 272 g/mol. The Balaban J connectivity index is 1.72. The van der Waals surface area contributed by atoms with Gasteiger partial charge in [0.25, 0.3) is 0 Å².